The molecule has 0 saturated carbocycles. The maximum absolute atomic E-state index is 5.65. The van der Waals surface area contributed by atoms with Crippen molar-refractivity contribution in [2.24, 2.45) is 0 Å². The lowest BCUT2D eigenvalue weighted by Gasteiger charge is -2.33. The van der Waals surface area contributed by atoms with Gasteiger partial charge in [0, 0.05) is 36.0 Å². The van der Waals surface area contributed by atoms with Crippen molar-refractivity contribution in [2.45, 2.75) is 12.5 Å². The first kappa shape index (κ1) is 17.4. The monoisotopic (exact) mass is 391 g/mol. The summed E-state index contributed by atoms with van der Waals surface area (Å²) in [4.78, 5) is 10.9. The van der Waals surface area contributed by atoms with Crippen molar-refractivity contribution in [1.29, 1.82) is 0 Å². The van der Waals surface area contributed by atoms with Crippen molar-refractivity contribution in [3.8, 4) is 11.1 Å². The molecule has 3 aromatic carbocycles. The Hall–Kier alpha value is -3.50. The van der Waals surface area contributed by atoms with Crippen molar-refractivity contribution in [3.05, 3.63) is 96.1 Å². The highest BCUT2D eigenvalue weighted by Gasteiger charge is 2.25. The Morgan fingerprint density at radius 2 is 1.83 bits per heavy atom. The van der Waals surface area contributed by atoms with E-state index in [-0.39, 0.29) is 0 Å². The summed E-state index contributed by atoms with van der Waals surface area (Å²) in [5.74, 6) is 0.340. The highest BCUT2D eigenvalue weighted by atomic mass is 16.3. The van der Waals surface area contributed by atoms with Crippen LogP contribution in [0.15, 0.2) is 83.9 Å². The van der Waals surface area contributed by atoms with Gasteiger partial charge in [-0.3, -0.25) is 0 Å². The molecule has 0 bridgehead atoms. The molecule has 4 heteroatoms. The fourth-order valence-electron chi connectivity index (χ4n) is 4.66. The van der Waals surface area contributed by atoms with E-state index in [1.807, 2.05) is 12.3 Å². The smallest absolute Gasteiger partial charge is 0.134 e. The molecule has 0 radical (unpaired) electrons. The quantitative estimate of drug-likeness (QED) is 0.392. The van der Waals surface area contributed by atoms with Crippen LogP contribution in [0.1, 0.15) is 22.6 Å². The molecule has 0 aliphatic carbocycles. The summed E-state index contributed by atoms with van der Waals surface area (Å²) in [6, 6.07) is 21.9. The molecule has 1 atom stereocenters. The van der Waals surface area contributed by atoms with E-state index in [9.17, 15) is 0 Å². The summed E-state index contributed by atoms with van der Waals surface area (Å²) in [6.45, 7) is 1.96. The maximum Gasteiger partial charge on any atom is 0.134 e. The number of rotatable bonds is 2. The molecule has 146 valence electrons. The van der Waals surface area contributed by atoms with E-state index in [0.717, 1.165) is 35.0 Å². The van der Waals surface area contributed by atoms with Crippen molar-refractivity contribution in [3.63, 3.8) is 0 Å². The lowest BCUT2D eigenvalue weighted by molar-refractivity contribution is 0.295. The summed E-state index contributed by atoms with van der Waals surface area (Å²) >= 11 is 0. The van der Waals surface area contributed by atoms with Crippen molar-refractivity contribution >= 4 is 21.9 Å². The summed E-state index contributed by atoms with van der Waals surface area (Å²) in [5.41, 5.74) is 8.46. The Morgan fingerprint density at radius 3 is 2.80 bits per heavy atom. The van der Waals surface area contributed by atoms with Gasteiger partial charge >= 0.3 is 0 Å². The van der Waals surface area contributed by atoms with Crippen LogP contribution in [-0.2, 0) is 6.54 Å². The van der Waals surface area contributed by atoms with Crippen LogP contribution in [0.5, 0.6) is 0 Å². The zero-order valence-corrected chi connectivity index (χ0v) is 16.7. The van der Waals surface area contributed by atoms with E-state index in [0.29, 0.717) is 5.92 Å². The summed E-state index contributed by atoms with van der Waals surface area (Å²) < 4.78 is 5.65. The number of furan rings is 1. The molecule has 0 saturated heterocycles. The first-order chi connectivity index (χ1) is 14.7. The Bertz CT molecular complexity index is 1390. The maximum atomic E-state index is 5.65. The molecule has 0 spiro atoms. The minimum absolute atomic E-state index is 0.340. The highest BCUT2D eigenvalue weighted by molar-refractivity contribution is 5.84. The lowest BCUT2D eigenvalue weighted by Crippen LogP contribution is -2.31. The molecule has 30 heavy (non-hydrogen) atoms. The third-order valence-corrected chi connectivity index (χ3v) is 6.17. The second-order valence-electron chi connectivity index (χ2n) is 8.18. The van der Waals surface area contributed by atoms with Gasteiger partial charge in [0.15, 0.2) is 0 Å². The first-order valence-electron chi connectivity index (χ1n) is 10.2. The molecule has 5 aromatic rings. The predicted octanol–water partition coefficient (Wildman–Crippen LogP) is 5.62. The van der Waals surface area contributed by atoms with Gasteiger partial charge in [-0.15, -0.1) is 0 Å². The number of likely N-dealkylation sites (N-methyl/N-ethyl adjacent to an activating group) is 1. The van der Waals surface area contributed by atoms with Gasteiger partial charge in [0.25, 0.3) is 0 Å². The molecule has 0 N–H and O–H groups in total. The van der Waals surface area contributed by atoms with Crippen LogP contribution >= 0.6 is 0 Å². The van der Waals surface area contributed by atoms with Crippen LogP contribution in [0.25, 0.3) is 33.0 Å². The average Bonchev–Trinajstić information content (AvgIpc) is 3.25. The molecule has 1 unspecified atom stereocenters. The third kappa shape index (κ3) is 2.88. The van der Waals surface area contributed by atoms with E-state index in [2.05, 4.69) is 76.5 Å². The lowest BCUT2D eigenvalue weighted by atomic mass is 9.83. The summed E-state index contributed by atoms with van der Waals surface area (Å²) in [6.07, 6.45) is 5.23. The molecular formula is C26H21N3O. The van der Waals surface area contributed by atoms with Crippen LogP contribution in [0.3, 0.4) is 0 Å². The highest BCUT2D eigenvalue weighted by Crippen LogP contribution is 2.36. The van der Waals surface area contributed by atoms with Crippen LogP contribution in [0.2, 0.25) is 0 Å². The third-order valence-electron chi connectivity index (χ3n) is 6.17. The predicted molar refractivity (Wildman–Crippen MR) is 119 cm³/mol. The molecule has 2 aromatic heterocycles. The van der Waals surface area contributed by atoms with Gasteiger partial charge in [0.2, 0.25) is 0 Å². The van der Waals surface area contributed by atoms with Crippen molar-refractivity contribution < 1.29 is 4.42 Å². The molecule has 1 aliphatic rings. The van der Waals surface area contributed by atoms with Gasteiger partial charge in [-0.2, -0.15) is 0 Å². The van der Waals surface area contributed by atoms with Crippen LogP contribution in [-0.4, -0.2) is 28.5 Å². The Morgan fingerprint density at radius 1 is 0.933 bits per heavy atom. The van der Waals surface area contributed by atoms with E-state index >= 15 is 0 Å². The van der Waals surface area contributed by atoms with Crippen molar-refractivity contribution in [2.75, 3.05) is 13.6 Å². The zero-order chi connectivity index (χ0) is 20.1. The molecule has 0 fully saturated rings. The minimum Gasteiger partial charge on any atom is -0.464 e. The van der Waals surface area contributed by atoms with Gasteiger partial charge in [0.1, 0.15) is 11.9 Å². The van der Waals surface area contributed by atoms with Gasteiger partial charge in [-0.1, -0.05) is 30.3 Å². The molecule has 4 nitrogen and oxygen atoms in total. The Labute approximate surface area is 174 Å². The summed E-state index contributed by atoms with van der Waals surface area (Å²) in [7, 11) is 2.20. The van der Waals surface area contributed by atoms with Gasteiger partial charge in [-0.25, -0.2) is 9.97 Å². The zero-order valence-electron chi connectivity index (χ0n) is 16.7. The van der Waals surface area contributed by atoms with Crippen LogP contribution in [0, 0.1) is 0 Å². The van der Waals surface area contributed by atoms with E-state index in [1.165, 1.54) is 27.8 Å². The van der Waals surface area contributed by atoms with E-state index < -0.39 is 0 Å². The Balaban J connectivity index is 1.43. The van der Waals surface area contributed by atoms with Gasteiger partial charge in [0.05, 0.1) is 11.8 Å². The topological polar surface area (TPSA) is 42.2 Å². The molecule has 1 aliphatic heterocycles. The Kier molecular flexibility index (Phi) is 3.93. The average molecular weight is 391 g/mol. The number of nitrogens with zero attached hydrogens (tertiary/aromatic N) is 3. The normalized spacial score (nSPS) is 16.8. The van der Waals surface area contributed by atoms with Crippen LogP contribution in [0.4, 0.5) is 0 Å². The fraction of sp³-hybridized carbons (Fsp3) is 0.154. The number of aromatic nitrogens is 2. The number of hydrogen-bond acceptors (Lipinski definition) is 4. The molecule has 3 heterocycles. The number of fused-ring (bicyclic) bond motifs is 3. The standard InChI is InChI=1S/C26H21N3O/c1-29-14-22-11-18(19-5-7-25-21(10-19)13-27-16-28-25)4-6-23(22)24(15-29)20-3-2-17-8-9-30-26(17)12-20/h2-13,16,24H,14-15H2,1H3. The van der Waals surface area contributed by atoms with Crippen molar-refractivity contribution in [1.82, 2.24) is 14.9 Å². The second kappa shape index (κ2) is 6.78. The van der Waals surface area contributed by atoms with Crippen LogP contribution < -0.4 is 0 Å². The summed E-state index contributed by atoms with van der Waals surface area (Å²) in [5, 5.41) is 2.22. The number of benzene rings is 3. The second-order valence-corrected chi connectivity index (χ2v) is 8.18. The fourth-order valence-corrected chi connectivity index (χ4v) is 4.66. The minimum atomic E-state index is 0.340. The largest absolute Gasteiger partial charge is 0.464 e. The molecular weight excluding hydrogens is 370 g/mol. The molecule has 0 amide bonds. The SMILES string of the molecule is CN1Cc2cc(-c3ccc4ncncc4c3)ccc2C(c2ccc3ccoc3c2)C1. The van der Waals surface area contributed by atoms with Gasteiger partial charge in [-0.05, 0) is 65.2 Å². The first-order valence-corrected chi connectivity index (χ1v) is 10.2. The molecule has 6 rings (SSSR count). The number of hydrogen-bond donors (Lipinski definition) is 0. The van der Waals surface area contributed by atoms with Gasteiger partial charge < -0.3 is 9.32 Å². The van der Waals surface area contributed by atoms with E-state index in [4.69, 9.17) is 4.42 Å². The van der Waals surface area contributed by atoms with E-state index in [1.54, 1.807) is 12.6 Å².